The van der Waals surface area contributed by atoms with Crippen molar-refractivity contribution in [1.29, 1.82) is 0 Å². The monoisotopic (exact) mass is 384 g/mol. The lowest BCUT2D eigenvalue weighted by Gasteiger charge is -2.31. The van der Waals surface area contributed by atoms with Crippen LogP contribution in [-0.2, 0) is 17.8 Å². The van der Waals surface area contributed by atoms with E-state index in [-0.39, 0.29) is 11.8 Å². The van der Waals surface area contributed by atoms with Gasteiger partial charge in [-0.15, -0.1) is 0 Å². The van der Waals surface area contributed by atoms with Crippen LogP contribution in [0.25, 0.3) is 0 Å². The molecule has 0 radical (unpaired) electrons. The first-order valence-electron chi connectivity index (χ1n) is 9.90. The second kappa shape index (κ2) is 9.91. The van der Waals surface area contributed by atoms with Gasteiger partial charge in [-0.3, -0.25) is 9.69 Å². The Morgan fingerprint density at radius 2 is 1.85 bits per heavy atom. The Morgan fingerprint density at radius 1 is 1.11 bits per heavy atom. The molecule has 0 saturated carbocycles. The molecule has 3 nitrogen and oxygen atoms in total. The standard InChI is InChI=1S/C23H29ClN2O/c1-18-4-2-5-19(16-18)6-3-13-25-23(27)21-11-14-26(15-12-21)17-20-7-9-22(24)10-8-20/h2,4-5,7-10,16,21H,3,6,11-15,17H2,1H3,(H,25,27). The van der Waals surface area contributed by atoms with Gasteiger partial charge in [0, 0.05) is 24.0 Å². The van der Waals surface area contributed by atoms with E-state index in [0.29, 0.717) is 0 Å². The van der Waals surface area contributed by atoms with Crippen LogP contribution in [0.3, 0.4) is 0 Å². The topological polar surface area (TPSA) is 32.3 Å². The normalized spacial score (nSPS) is 15.6. The third kappa shape index (κ3) is 6.37. The number of benzene rings is 2. The zero-order valence-electron chi connectivity index (χ0n) is 16.1. The number of amides is 1. The second-order valence-electron chi connectivity index (χ2n) is 7.56. The van der Waals surface area contributed by atoms with Crippen molar-refractivity contribution in [3.05, 3.63) is 70.2 Å². The van der Waals surface area contributed by atoms with Crippen molar-refractivity contribution in [2.24, 2.45) is 5.92 Å². The average molecular weight is 385 g/mol. The predicted octanol–water partition coefficient (Wildman–Crippen LogP) is 4.61. The summed E-state index contributed by atoms with van der Waals surface area (Å²) < 4.78 is 0. The molecule has 1 N–H and O–H groups in total. The number of carbonyl (C=O) groups is 1. The molecule has 0 spiro atoms. The van der Waals surface area contributed by atoms with E-state index >= 15 is 0 Å². The molecular formula is C23H29ClN2O. The summed E-state index contributed by atoms with van der Waals surface area (Å²) in [6, 6.07) is 16.6. The minimum Gasteiger partial charge on any atom is -0.356 e. The maximum absolute atomic E-state index is 12.4. The third-order valence-electron chi connectivity index (χ3n) is 5.30. The number of rotatable bonds is 7. The molecule has 1 saturated heterocycles. The maximum Gasteiger partial charge on any atom is 0.223 e. The fraction of sp³-hybridized carbons (Fsp3) is 0.435. The first-order chi connectivity index (χ1) is 13.1. The van der Waals surface area contributed by atoms with Crippen molar-refractivity contribution in [2.45, 2.75) is 39.2 Å². The van der Waals surface area contributed by atoms with Gasteiger partial charge in [0.05, 0.1) is 0 Å². The highest BCUT2D eigenvalue weighted by Gasteiger charge is 2.24. The predicted molar refractivity (Wildman–Crippen MR) is 112 cm³/mol. The molecular weight excluding hydrogens is 356 g/mol. The lowest BCUT2D eigenvalue weighted by atomic mass is 9.95. The Balaban J connectivity index is 1.34. The van der Waals surface area contributed by atoms with Crippen LogP contribution in [0.15, 0.2) is 48.5 Å². The number of hydrogen-bond acceptors (Lipinski definition) is 2. The van der Waals surface area contributed by atoms with Crippen LogP contribution in [0.5, 0.6) is 0 Å². The highest BCUT2D eigenvalue weighted by atomic mass is 35.5. The van der Waals surface area contributed by atoms with Crippen LogP contribution in [0, 0.1) is 12.8 Å². The lowest BCUT2D eigenvalue weighted by Crippen LogP contribution is -2.40. The van der Waals surface area contributed by atoms with E-state index in [9.17, 15) is 4.79 Å². The number of carbonyl (C=O) groups excluding carboxylic acids is 1. The summed E-state index contributed by atoms with van der Waals surface area (Å²) >= 11 is 5.94. The molecule has 1 aliphatic heterocycles. The van der Waals surface area contributed by atoms with Crippen molar-refractivity contribution >= 4 is 17.5 Å². The van der Waals surface area contributed by atoms with Crippen LogP contribution >= 0.6 is 11.6 Å². The molecule has 1 aliphatic rings. The average Bonchev–Trinajstić information content (AvgIpc) is 2.67. The number of nitrogens with zero attached hydrogens (tertiary/aromatic N) is 1. The molecule has 4 heteroatoms. The summed E-state index contributed by atoms with van der Waals surface area (Å²) in [7, 11) is 0. The van der Waals surface area contributed by atoms with Crippen LogP contribution in [0.2, 0.25) is 5.02 Å². The summed E-state index contributed by atoms with van der Waals surface area (Å²) in [5.41, 5.74) is 3.92. The van der Waals surface area contributed by atoms with Gasteiger partial charge in [-0.05, 0) is 69.0 Å². The molecule has 0 bridgehead atoms. The molecule has 2 aromatic carbocycles. The van der Waals surface area contributed by atoms with E-state index in [4.69, 9.17) is 11.6 Å². The summed E-state index contributed by atoms with van der Waals surface area (Å²) in [5, 5.41) is 3.91. The third-order valence-corrected chi connectivity index (χ3v) is 5.55. The number of hydrogen-bond donors (Lipinski definition) is 1. The van der Waals surface area contributed by atoms with E-state index in [1.165, 1.54) is 16.7 Å². The van der Waals surface area contributed by atoms with Crippen molar-refractivity contribution in [1.82, 2.24) is 10.2 Å². The van der Waals surface area contributed by atoms with Crippen molar-refractivity contribution in [3.63, 3.8) is 0 Å². The number of halogens is 1. The number of likely N-dealkylation sites (tertiary alicyclic amines) is 1. The van der Waals surface area contributed by atoms with Crippen LogP contribution in [0.4, 0.5) is 0 Å². The van der Waals surface area contributed by atoms with Crippen molar-refractivity contribution in [3.8, 4) is 0 Å². The van der Waals surface area contributed by atoms with Crippen molar-refractivity contribution < 1.29 is 4.79 Å². The lowest BCUT2D eigenvalue weighted by molar-refractivity contribution is -0.126. The van der Waals surface area contributed by atoms with Crippen LogP contribution in [-0.4, -0.2) is 30.4 Å². The van der Waals surface area contributed by atoms with Gasteiger partial charge in [0.25, 0.3) is 0 Å². The van der Waals surface area contributed by atoms with Gasteiger partial charge >= 0.3 is 0 Å². The summed E-state index contributed by atoms with van der Waals surface area (Å²) in [4.78, 5) is 14.8. The molecule has 3 rings (SSSR count). The minimum atomic E-state index is 0.158. The van der Waals surface area contributed by atoms with Gasteiger partial charge in [0.2, 0.25) is 5.91 Å². The van der Waals surface area contributed by atoms with Gasteiger partial charge in [-0.2, -0.15) is 0 Å². The number of nitrogens with one attached hydrogen (secondary N) is 1. The molecule has 144 valence electrons. The molecule has 0 aliphatic carbocycles. The van der Waals surface area contributed by atoms with Crippen LogP contribution in [0.1, 0.15) is 36.0 Å². The molecule has 2 aromatic rings. The quantitative estimate of drug-likeness (QED) is 0.707. The Hall–Kier alpha value is -1.84. The summed E-state index contributed by atoms with van der Waals surface area (Å²) in [5.74, 6) is 0.385. The molecule has 0 aromatic heterocycles. The largest absolute Gasteiger partial charge is 0.356 e. The smallest absolute Gasteiger partial charge is 0.223 e. The van der Waals surface area contributed by atoms with E-state index in [1.54, 1.807) is 0 Å². The Bertz CT molecular complexity index is 736. The SMILES string of the molecule is Cc1cccc(CCCNC(=O)C2CCN(Cc3ccc(Cl)cc3)CC2)c1. The molecule has 0 atom stereocenters. The Labute approximate surface area is 167 Å². The molecule has 1 amide bonds. The van der Waals surface area contributed by atoms with E-state index in [2.05, 4.69) is 53.5 Å². The summed E-state index contributed by atoms with van der Waals surface area (Å²) in [6.07, 6.45) is 3.89. The van der Waals surface area contributed by atoms with E-state index in [0.717, 1.165) is 56.9 Å². The number of aryl methyl sites for hydroxylation is 2. The van der Waals surface area contributed by atoms with E-state index in [1.807, 2.05) is 12.1 Å². The fourth-order valence-corrected chi connectivity index (χ4v) is 3.84. The second-order valence-corrected chi connectivity index (χ2v) is 8.00. The van der Waals surface area contributed by atoms with Gasteiger partial charge in [0.15, 0.2) is 0 Å². The highest BCUT2D eigenvalue weighted by molar-refractivity contribution is 6.30. The van der Waals surface area contributed by atoms with E-state index < -0.39 is 0 Å². The Kier molecular flexibility index (Phi) is 7.31. The molecule has 0 unspecified atom stereocenters. The molecule has 1 fully saturated rings. The highest BCUT2D eigenvalue weighted by Crippen LogP contribution is 2.20. The zero-order chi connectivity index (χ0) is 19.1. The molecule has 27 heavy (non-hydrogen) atoms. The van der Waals surface area contributed by atoms with Gasteiger partial charge in [-0.25, -0.2) is 0 Å². The molecule has 1 heterocycles. The van der Waals surface area contributed by atoms with Crippen LogP contribution < -0.4 is 5.32 Å². The van der Waals surface area contributed by atoms with Gasteiger partial charge in [0.1, 0.15) is 0 Å². The first-order valence-corrected chi connectivity index (χ1v) is 10.3. The fourth-order valence-electron chi connectivity index (χ4n) is 3.72. The first kappa shape index (κ1) is 19.9. The van der Waals surface area contributed by atoms with Crippen molar-refractivity contribution in [2.75, 3.05) is 19.6 Å². The van der Waals surface area contributed by atoms with Gasteiger partial charge in [-0.1, -0.05) is 53.6 Å². The Morgan fingerprint density at radius 3 is 2.56 bits per heavy atom. The summed E-state index contributed by atoms with van der Waals surface area (Å²) in [6.45, 7) is 5.76. The zero-order valence-corrected chi connectivity index (χ0v) is 16.8. The minimum absolute atomic E-state index is 0.158. The maximum atomic E-state index is 12.4. The number of piperidine rings is 1. The van der Waals surface area contributed by atoms with Gasteiger partial charge < -0.3 is 5.32 Å².